The minimum absolute atomic E-state index is 0.0124. The summed E-state index contributed by atoms with van der Waals surface area (Å²) in [5.41, 5.74) is 1.20. The van der Waals surface area contributed by atoms with Crippen molar-refractivity contribution in [2.75, 3.05) is 7.11 Å². The Bertz CT molecular complexity index is 1260. The van der Waals surface area contributed by atoms with E-state index >= 15 is 0 Å². The van der Waals surface area contributed by atoms with Crippen LogP contribution in [-0.2, 0) is 16.6 Å². The first-order valence-electron chi connectivity index (χ1n) is 9.38. The molecule has 0 atom stereocenters. The molecule has 9 nitrogen and oxygen atoms in total. The Kier molecular flexibility index (Phi) is 4.70. The predicted octanol–water partition coefficient (Wildman–Crippen LogP) is 1.60. The average Bonchev–Trinajstić information content (AvgIpc) is 3.41. The highest BCUT2D eigenvalue weighted by Gasteiger charge is 2.29. The standard InChI is InChI=1S/C19H23N5O4S/c1-11(2)15-10-23(19-21-17(12-4-5-12)22-24(19)18(15)25)9-13-6-7-14(29(20,26)27)8-16(13)28-3/h6-8,10-12H,4-5,9H2,1-3H3,(H2,20,26,27). The molecule has 29 heavy (non-hydrogen) atoms. The summed E-state index contributed by atoms with van der Waals surface area (Å²) < 4.78 is 31.9. The Morgan fingerprint density at radius 2 is 2.03 bits per heavy atom. The lowest BCUT2D eigenvalue weighted by atomic mass is 10.1. The van der Waals surface area contributed by atoms with Gasteiger partial charge in [0.25, 0.3) is 5.56 Å². The van der Waals surface area contributed by atoms with Crippen LogP contribution in [0.1, 0.15) is 55.5 Å². The Morgan fingerprint density at radius 3 is 2.62 bits per heavy atom. The van der Waals surface area contributed by atoms with Gasteiger partial charge in [-0.25, -0.2) is 13.6 Å². The molecule has 1 aromatic carbocycles. The van der Waals surface area contributed by atoms with Crippen molar-refractivity contribution in [2.45, 2.75) is 50.0 Å². The van der Waals surface area contributed by atoms with E-state index in [2.05, 4.69) is 10.1 Å². The number of nitrogens with zero attached hydrogens (tertiary/aromatic N) is 4. The number of fused-ring (bicyclic) bond motifs is 1. The quantitative estimate of drug-likeness (QED) is 0.650. The molecule has 0 spiro atoms. The highest BCUT2D eigenvalue weighted by molar-refractivity contribution is 7.89. The molecule has 4 rings (SSSR count). The fourth-order valence-electron chi connectivity index (χ4n) is 3.29. The highest BCUT2D eigenvalue weighted by Crippen LogP contribution is 2.38. The Labute approximate surface area is 168 Å². The Hall–Kier alpha value is -2.72. The molecule has 2 heterocycles. The molecule has 0 saturated heterocycles. The van der Waals surface area contributed by atoms with Crippen LogP contribution in [0.2, 0.25) is 0 Å². The average molecular weight is 417 g/mol. The van der Waals surface area contributed by atoms with E-state index in [1.807, 2.05) is 18.4 Å². The minimum Gasteiger partial charge on any atom is -0.496 e. The summed E-state index contributed by atoms with van der Waals surface area (Å²) >= 11 is 0. The lowest BCUT2D eigenvalue weighted by Gasteiger charge is -2.15. The number of aromatic nitrogens is 4. The van der Waals surface area contributed by atoms with Crippen molar-refractivity contribution in [1.82, 2.24) is 19.2 Å². The van der Waals surface area contributed by atoms with Gasteiger partial charge in [-0.05, 0) is 24.8 Å². The normalized spacial score (nSPS) is 14.7. The molecule has 1 fully saturated rings. The van der Waals surface area contributed by atoms with Crippen LogP contribution in [-0.4, -0.2) is 34.7 Å². The van der Waals surface area contributed by atoms with Crippen molar-refractivity contribution < 1.29 is 13.2 Å². The van der Waals surface area contributed by atoms with Gasteiger partial charge in [0.15, 0.2) is 5.82 Å². The van der Waals surface area contributed by atoms with E-state index in [9.17, 15) is 13.2 Å². The molecule has 0 unspecified atom stereocenters. The first-order valence-corrected chi connectivity index (χ1v) is 10.9. The SMILES string of the molecule is COc1cc(S(N)(=O)=O)ccc1Cn1cc(C(C)C)c(=O)n2nc(C3CC3)nc12. The number of rotatable bonds is 6. The molecule has 0 aliphatic heterocycles. The fourth-order valence-corrected chi connectivity index (χ4v) is 3.82. The molecule has 2 N–H and O–H groups in total. The zero-order chi connectivity index (χ0) is 20.9. The number of methoxy groups -OCH3 is 1. The zero-order valence-corrected chi connectivity index (χ0v) is 17.3. The van der Waals surface area contributed by atoms with Gasteiger partial charge in [0.2, 0.25) is 15.8 Å². The summed E-state index contributed by atoms with van der Waals surface area (Å²) in [4.78, 5) is 17.4. The minimum atomic E-state index is -3.84. The number of hydrogen-bond donors (Lipinski definition) is 1. The van der Waals surface area contributed by atoms with E-state index in [0.717, 1.165) is 18.4 Å². The van der Waals surface area contributed by atoms with Crippen LogP contribution in [0.5, 0.6) is 5.75 Å². The molecule has 1 aliphatic carbocycles. The van der Waals surface area contributed by atoms with Crippen LogP contribution in [0.15, 0.2) is 34.1 Å². The van der Waals surface area contributed by atoms with Gasteiger partial charge < -0.3 is 9.30 Å². The zero-order valence-electron chi connectivity index (χ0n) is 16.5. The molecule has 0 bridgehead atoms. The van der Waals surface area contributed by atoms with E-state index in [0.29, 0.717) is 35.4 Å². The summed E-state index contributed by atoms with van der Waals surface area (Å²) in [6.45, 7) is 4.24. The number of benzene rings is 1. The maximum atomic E-state index is 12.9. The van der Waals surface area contributed by atoms with Gasteiger partial charge in [-0.2, -0.15) is 9.50 Å². The topological polar surface area (TPSA) is 122 Å². The number of nitrogens with two attached hydrogens (primary N) is 1. The van der Waals surface area contributed by atoms with Crippen LogP contribution in [0.3, 0.4) is 0 Å². The summed E-state index contributed by atoms with van der Waals surface area (Å²) in [6, 6.07) is 4.49. The van der Waals surface area contributed by atoms with Gasteiger partial charge in [0, 0.05) is 29.3 Å². The van der Waals surface area contributed by atoms with Gasteiger partial charge in [-0.15, -0.1) is 5.10 Å². The van der Waals surface area contributed by atoms with Crippen molar-refractivity contribution in [3.63, 3.8) is 0 Å². The van der Waals surface area contributed by atoms with Crippen LogP contribution in [0, 0.1) is 0 Å². The third-order valence-corrected chi connectivity index (χ3v) is 6.00. The van der Waals surface area contributed by atoms with Gasteiger partial charge in [-0.1, -0.05) is 19.9 Å². The maximum Gasteiger partial charge on any atom is 0.279 e. The number of hydrogen-bond acceptors (Lipinski definition) is 6. The summed E-state index contributed by atoms with van der Waals surface area (Å²) in [5.74, 6) is 1.86. The first-order chi connectivity index (χ1) is 13.7. The van der Waals surface area contributed by atoms with E-state index in [1.54, 1.807) is 12.3 Å². The van der Waals surface area contributed by atoms with Crippen LogP contribution >= 0.6 is 0 Å². The largest absolute Gasteiger partial charge is 0.496 e. The molecule has 10 heteroatoms. The number of primary sulfonamides is 1. The van der Waals surface area contributed by atoms with E-state index < -0.39 is 10.0 Å². The monoisotopic (exact) mass is 417 g/mol. The van der Waals surface area contributed by atoms with Crippen molar-refractivity contribution in [1.29, 1.82) is 0 Å². The summed E-state index contributed by atoms with van der Waals surface area (Å²) in [6.07, 6.45) is 3.86. The van der Waals surface area contributed by atoms with Crippen LogP contribution in [0.25, 0.3) is 5.78 Å². The number of ether oxygens (including phenoxy) is 1. The fraction of sp³-hybridized carbons (Fsp3) is 0.421. The lowest BCUT2D eigenvalue weighted by molar-refractivity contribution is 0.407. The van der Waals surface area contributed by atoms with Crippen molar-refractivity contribution >= 4 is 15.8 Å². The van der Waals surface area contributed by atoms with Gasteiger partial charge in [0.05, 0.1) is 18.6 Å². The van der Waals surface area contributed by atoms with Gasteiger partial charge >= 0.3 is 0 Å². The summed E-state index contributed by atoms with van der Waals surface area (Å²) in [5, 5.41) is 9.67. The molecular formula is C19H23N5O4S. The smallest absolute Gasteiger partial charge is 0.279 e. The molecule has 154 valence electrons. The van der Waals surface area contributed by atoms with E-state index in [1.165, 1.54) is 23.8 Å². The second kappa shape index (κ2) is 6.96. The molecule has 2 aromatic heterocycles. The third-order valence-electron chi connectivity index (χ3n) is 5.09. The van der Waals surface area contributed by atoms with Crippen molar-refractivity contribution in [2.24, 2.45) is 5.14 Å². The molecule has 1 aliphatic rings. The lowest BCUT2D eigenvalue weighted by Crippen LogP contribution is -2.24. The predicted molar refractivity (Wildman–Crippen MR) is 107 cm³/mol. The van der Waals surface area contributed by atoms with Crippen molar-refractivity contribution in [3.05, 3.63) is 51.7 Å². The number of sulfonamides is 1. The Balaban J connectivity index is 1.85. The van der Waals surface area contributed by atoms with E-state index in [-0.39, 0.29) is 16.4 Å². The third kappa shape index (κ3) is 3.65. The molecule has 0 radical (unpaired) electrons. The second-order valence-electron chi connectivity index (χ2n) is 7.65. The molecule has 3 aromatic rings. The summed E-state index contributed by atoms with van der Waals surface area (Å²) in [7, 11) is -2.37. The van der Waals surface area contributed by atoms with Gasteiger partial charge in [0.1, 0.15) is 5.75 Å². The maximum absolute atomic E-state index is 12.9. The molecule has 1 saturated carbocycles. The first kappa shape index (κ1) is 19.6. The van der Waals surface area contributed by atoms with Gasteiger partial charge in [-0.3, -0.25) is 4.79 Å². The van der Waals surface area contributed by atoms with E-state index in [4.69, 9.17) is 9.88 Å². The second-order valence-corrected chi connectivity index (χ2v) is 9.21. The Morgan fingerprint density at radius 1 is 1.31 bits per heavy atom. The molecular weight excluding hydrogens is 394 g/mol. The van der Waals surface area contributed by atoms with Crippen molar-refractivity contribution in [3.8, 4) is 5.75 Å². The molecule has 0 amide bonds. The van der Waals surface area contributed by atoms with Crippen LogP contribution < -0.4 is 15.4 Å². The van der Waals surface area contributed by atoms with Crippen LogP contribution in [0.4, 0.5) is 0 Å². The highest BCUT2D eigenvalue weighted by atomic mass is 32.2.